The van der Waals surface area contributed by atoms with Gasteiger partial charge < -0.3 is 14.7 Å². The van der Waals surface area contributed by atoms with Crippen molar-refractivity contribution in [3.05, 3.63) is 53.3 Å². The molecule has 1 amide bonds. The number of carbonyl (C=O) groups is 1. The maximum Gasteiger partial charge on any atom is 0.417 e. The van der Waals surface area contributed by atoms with Crippen molar-refractivity contribution in [1.82, 2.24) is 0 Å². The zero-order valence-corrected chi connectivity index (χ0v) is 19.1. The van der Waals surface area contributed by atoms with Gasteiger partial charge in [-0.25, -0.2) is 4.39 Å². The Labute approximate surface area is 198 Å². The minimum Gasteiger partial charge on any atom is -0.505 e. The summed E-state index contributed by atoms with van der Waals surface area (Å²) in [5.41, 5.74) is -3.14. The molecule has 2 aliphatic rings. The van der Waals surface area contributed by atoms with Gasteiger partial charge in [0.2, 0.25) is 0 Å². The number of hydrogen-bond donors (Lipinski definition) is 1. The largest absolute Gasteiger partial charge is 0.505 e. The van der Waals surface area contributed by atoms with Gasteiger partial charge in [-0.3, -0.25) is 9.69 Å². The number of thiocarbonyl (C=S) groups is 1. The zero-order valence-electron chi connectivity index (χ0n) is 18.3. The second kappa shape index (κ2) is 9.56. The highest BCUT2D eigenvalue weighted by molar-refractivity contribution is 7.81. The summed E-state index contributed by atoms with van der Waals surface area (Å²) in [6.45, 7) is 4.97. The molecule has 0 saturated carbocycles. The predicted molar refractivity (Wildman–Crippen MR) is 121 cm³/mol. The maximum absolute atomic E-state index is 13.8. The van der Waals surface area contributed by atoms with E-state index in [9.17, 15) is 27.5 Å². The number of alkyl halides is 3. The fourth-order valence-electron chi connectivity index (χ4n) is 3.60. The molecule has 0 aliphatic carbocycles. The summed E-state index contributed by atoms with van der Waals surface area (Å²) in [7, 11) is 0. The molecule has 2 aliphatic heterocycles. The lowest BCUT2D eigenvalue weighted by molar-refractivity contribution is -0.137. The predicted octanol–water partition coefficient (Wildman–Crippen LogP) is 5.14. The number of benzene rings is 2. The Bertz CT molecular complexity index is 1150. The molecular formula is C23H21F4N3O3S. The van der Waals surface area contributed by atoms with E-state index in [-0.39, 0.29) is 16.5 Å². The Morgan fingerprint density at radius 2 is 1.74 bits per heavy atom. The number of halogens is 4. The Morgan fingerprint density at radius 3 is 2.24 bits per heavy atom. The van der Waals surface area contributed by atoms with E-state index in [1.807, 2.05) is 0 Å². The van der Waals surface area contributed by atoms with Gasteiger partial charge in [0, 0.05) is 25.0 Å². The Balaban J connectivity index is 0.000000574. The fraction of sp³-hybridized carbons (Fsp3) is 0.348. The number of aromatic hydroxyl groups is 1. The van der Waals surface area contributed by atoms with E-state index in [0.717, 1.165) is 36.3 Å². The molecule has 4 rings (SSSR count). The number of hydrogen-bond acceptors (Lipinski definition) is 5. The molecule has 11 heteroatoms. The van der Waals surface area contributed by atoms with Gasteiger partial charge in [-0.05, 0) is 69.2 Å². The monoisotopic (exact) mass is 495 g/mol. The minimum atomic E-state index is -4.80. The number of phenolic OH excluding ortho intramolecular Hbond substituents is 1. The summed E-state index contributed by atoms with van der Waals surface area (Å²) >= 11 is 5.33. The molecule has 2 fully saturated rings. The average molecular weight is 495 g/mol. The number of carbonyl (C=O) groups excluding carboxylic acids is 1. The van der Waals surface area contributed by atoms with E-state index in [0.29, 0.717) is 6.07 Å². The van der Waals surface area contributed by atoms with Crippen LogP contribution in [0.25, 0.3) is 0 Å². The van der Waals surface area contributed by atoms with Crippen LogP contribution >= 0.6 is 12.2 Å². The lowest BCUT2D eigenvalue weighted by Crippen LogP contribution is -2.44. The Morgan fingerprint density at radius 1 is 1.12 bits per heavy atom. The third kappa shape index (κ3) is 4.83. The molecule has 0 bridgehead atoms. The van der Waals surface area contributed by atoms with E-state index in [4.69, 9.17) is 22.2 Å². The smallest absolute Gasteiger partial charge is 0.417 e. The topological polar surface area (TPSA) is 76.8 Å². The first-order valence-corrected chi connectivity index (χ1v) is 10.7. The molecule has 2 aromatic carbocycles. The molecule has 0 radical (unpaired) electrons. The Kier molecular flexibility index (Phi) is 7.14. The molecule has 2 aromatic rings. The van der Waals surface area contributed by atoms with E-state index in [1.165, 1.54) is 49.8 Å². The summed E-state index contributed by atoms with van der Waals surface area (Å²) in [5.74, 6) is -2.17. The van der Waals surface area contributed by atoms with Crippen LogP contribution in [0.2, 0.25) is 0 Å². The van der Waals surface area contributed by atoms with Crippen molar-refractivity contribution in [3.8, 4) is 11.8 Å². The van der Waals surface area contributed by atoms with Gasteiger partial charge >= 0.3 is 6.18 Å². The van der Waals surface area contributed by atoms with Crippen LogP contribution < -0.4 is 9.80 Å². The minimum absolute atomic E-state index is 0.149. The molecule has 2 heterocycles. The van der Waals surface area contributed by atoms with Crippen LogP contribution in [0.5, 0.6) is 5.75 Å². The van der Waals surface area contributed by atoms with Crippen molar-refractivity contribution >= 4 is 34.6 Å². The zero-order chi connectivity index (χ0) is 25.3. The highest BCUT2D eigenvalue weighted by atomic mass is 32.1. The Hall–Kier alpha value is -3.23. The van der Waals surface area contributed by atoms with Gasteiger partial charge in [0.25, 0.3) is 5.91 Å². The molecule has 0 unspecified atom stereocenters. The standard InChI is InChI=1S/C19H13F4N3O2S.C4H8O/c1-18(2)16(28)25(11-4-3-10(9-24)13(7-11)19(21,22)23)17(29)26(18)12-5-6-15(27)14(20)8-12;1-2-4-5-3-1/h3-8,27H,1-2H3;1-4H2. The SMILES string of the molecule is C1CCOC1.CC1(C)C(=O)N(c2ccc(C#N)c(C(F)(F)F)c2)C(=S)N1c1ccc(O)c(F)c1. The fourth-order valence-corrected chi connectivity index (χ4v) is 4.13. The highest BCUT2D eigenvalue weighted by Gasteiger charge is 2.50. The van der Waals surface area contributed by atoms with Crippen LogP contribution in [0.15, 0.2) is 36.4 Å². The lowest BCUT2D eigenvalue weighted by atomic mass is 10.0. The molecule has 1 N–H and O–H groups in total. The first-order valence-electron chi connectivity index (χ1n) is 10.3. The molecule has 0 atom stereocenters. The summed E-state index contributed by atoms with van der Waals surface area (Å²) in [6.07, 6.45) is -2.25. The molecule has 0 spiro atoms. The van der Waals surface area contributed by atoms with Crippen molar-refractivity contribution < 1.29 is 32.2 Å². The second-order valence-electron chi connectivity index (χ2n) is 8.11. The van der Waals surface area contributed by atoms with Crippen molar-refractivity contribution in [2.24, 2.45) is 0 Å². The maximum atomic E-state index is 13.8. The van der Waals surface area contributed by atoms with Crippen LogP contribution in [-0.2, 0) is 15.7 Å². The van der Waals surface area contributed by atoms with Crippen molar-refractivity contribution in [1.29, 1.82) is 5.26 Å². The van der Waals surface area contributed by atoms with Gasteiger partial charge in [-0.1, -0.05) is 0 Å². The number of ether oxygens (including phenoxy) is 1. The highest BCUT2D eigenvalue weighted by Crippen LogP contribution is 2.40. The van der Waals surface area contributed by atoms with E-state index in [1.54, 1.807) is 0 Å². The average Bonchev–Trinajstić information content (AvgIpc) is 3.40. The first-order chi connectivity index (χ1) is 15.9. The molecule has 0 aromatic heterocycles. The van der Waals surface area contributed by atoms with Gasteiger partial charge in [-0.15, -0.1) is 0 Å². The molecule has 34 heavy (non-hydrogen) atoms. The summed E-state index contributed by atoms with van der Waals surface area (Å²) in [6, 6.07) is 7.70. The molecule has 180 valence electrons. The van der Waals surface area contributed by atoms with Crippen molar-refractivity contribution in [2.45, 2.75) is 38.4 Å². The molecule has 2 saturated heterocycles. The number of rotatable bonds is 2. The number of nitriles is 1. The number of amides is 1. The van der Waals surface area contributed by atoms with Gasteiger partial charge in [0.05, 0.1) is 22.9 Å². The summed E-state index contributed by atoms with van der Waals surface area (Å²) < 4.78 is 58.7. The molecular weight excluding hydrogens is 474 g/mol. The van der Waals surface area contributed by atoms with Crippen molar-refractivity contribution in [2.75, 3.05) is 23.0 Å². The quantitative estimate of drug-likeness (QED) is 0.460. The number of anilines is 2. The second-order valence-corrected chi connectivity index (χ2v) is 8.48. The number of phenols is 1. The summed E-state index contributed by atoms with van der Waals surface area (Å²) in [5, 5.41) is 18.2. The van der Waals surface area contributed by atoms with E-state index in [2.05, 4.69) is 0 Å². The normalized spacial score (nSPS) is 17.4. The van der Waals surface area contributed by atoms with Gasteiger partial charge in [-0.2, -0.15) is 18.4 Å². The molecule has 6 nitrogen and oxygen atoms in total. The summed E-state index contributed by atoms with van der Waals surface area (Å²) in [4.78, 5) is 15.2. The van der Waals surface area contributed by atoms with E-state index >= 15 is 0 Å². The lowest BCUT2D eigenvalue weighted by Gasteiger charge is -2.29. The third-order valence-electron chi connectivity index (χ3n) is 5.37. The van der Waals surface area contributed by atoms with Crippen LogP contribution in [0.4, 0.5) is 28.9 Å². The third-order valence-corrected chi connectivity index (χ3v) is 5.74. The van der Waals surface area contributed by atoms with Crippen LogP contribution in [0.1, 0.15) is 37.8 Å². The van der Waals surface area contributed by atoms with Gasteiger partial charge in [0.15, 0.2) is 16.7 Å². The number of nitrogens with zero attached hydrogens (tertiary/aromatic N) is 3. The van der Waals surface area contributed by atoms with E-state index < -0.39 is 40.3 Å². The van der Waals surface area contributed by atoms with Crippen LogP contribution in [0.3, 0.4) is 0 Å². The van der Waals surface area contributed by atoms with Crippen LogP contribution in [-0.4, -0.2) is 34.9 Å². The van der Waals surface area contributed by atoms with Crippen molar-refractivity contribution in [3.63, 3.8) is 0 Å². The first kappa shape index (κ1) is 25.4. The van der Waals surface area contributed by atoms with Gasteiger partial charge in [0.1, 0.15) is 5.54 Å². The van der Waals surface area contributed by atoms with Crippen LogP contribution in [0, 0.1) is 17.1 Å².